The Balaban J connectivity index is 0.00000507. The summed E-state index contributed by atoms with van der Waals surface area (Å²) in [5.41, 5.74) is 13.1. The van der Waals surface area contributed by atoms with Gasteiger partial charge in [0.2, 0.25) is 5.91 Å². The van der Waals surface area contributed by atoms with Crippen molar-refractivity contribution in [3.05, 3.63) is 77.2 Å². The van der Waals surface area contributed by atoms with Crippen LogP contribution in [0.2, 0.25) is 0 Å². The van der Waals surface area contributed by atoms with Gasteiger partial charge >= 0.3 is 0 Å². The number of carbonyl (C=O) groups is 2. The molecule has 3 rings (SSSR count). The van der Waals surface area contributed by atoms with Crippen LogP contribution < -0.4 is 22.1 Å². The lowest BCUT2D eigenvalue weighted by Crippen LogP contribution is -2.46. The molecule has 11 heteroatoms. The average molecular weight is 610 g/mol. The number of hydrogen-bond acceptors (Lipinski definition) is 8. The van der Waals surface area contributed by atoms with Gasteiger partial charge in [0.05, 0.1) is 17.5 Å². The van der Waals surface area contributed by atoms with Gasteiger partial charge in [0.25, 0.3) is 0 Å². The number of ketones is 1. The zero-order valence-corrected chi connectivity index (χ0v) is 23.8. The van der Waals surface area contributed by atoms with E-state index in [-0.39, 0.29) is 40.0 Å². The number of hydrogen-bond donors (Lipinski definition) is 4. The van der Waals surface area contributed by atoms with Crippen LogP contribution in [0.15, 0.2) is 71.0 Å². The number of rotatable bonds is 13. The van der Waals surface area contributed by atoms with Gasteiger partial charge < -0.3 is 26.8 Å². The third-order valence-corrected chi connectivity index (χ3v) is 7.55. The monoisotopic (exact) mass is 608 g/mol. The third kappa shape index (κ3) is 9.72. The van der Waals surface area contributed by atoms with Gasteiger partial charge in [0.1, 0.15) is 6.10 Å². The summed E-state index contributed by atoms with van der Waals surface area (Å²) >= 11 is 0. The molecule has 1 amide bonds. The number of Topliss-reactive ketones (excluding diaryl/α,β-unsaturated/α-hetero) is 1. The van der Waals surface area contributed by atoms with E-state index in [1.54, 1.807) is 42.5 Å². The van der Waals surface area contributed by atoms with E-state index in [1.807, 2.05) is 0 Å². The van der Waals surface area contributed by atoms with Crippen LogP contribution >= 0.6 is 17.0 Å². The van der Waals surface area contributed by atoms with Gasteiger partial charge in [-0.15, -0.1) is 17.0 Å². The van der Waals surface area contributed by atoms with Gasteiger partial charge in [-0.05, 0) is 49.9 Å². The number of carbonyl (C=O) groups excluding carboxylic acids is 2. The van der Waals surface area contributed by atoms with Gasteiger partial charge in [-0.2, -0.15) is 0 Å². The summed E-state index contributed by atoms with van der Waals surface area (Å²) in [4.78, 5) is 25.6. The Bertz CT molecular complexity index is 1150. The van der Waals surface area contributed by atoms with Crippen LogP contribution in [0.5, 0.6) is 0 Å². The molecule has 1 unspecified atom stereocenters. The first-order chi connectivity index (χ1) is 17.8. The minimum absolute atomic E-state index is 0. The maximum absolute atomic E-state index is 12.8. The molecule has 0 radical (unpaired) electrons. The van der Waals surface area contributed by atoms with E-state index in [0.717, 1.165) is 30.4 Å². The number of unbranched alkanes of at least 4 members (excludes halogenated alkanes) is 1. The fourth-order valence-electron chi connectivity index (χ4n) is 3.97. The second kappa shape index (κ2) is 15.9. The van der Waals surface area contributed by atoms with E-state index >= 15 is 0 Å². The minimum atomic E-state index is -3.64. The van der Waals surface area contributed by atoms with E-state index in [4.69, 9.17) is 16.2 Å². The van der Waals surface area contributed by atoms with Crippen molar-refractivity contribution in [1.29, 1.82) is 0 Å². The smallest absolute Gasteiger partial charge is 0.237 e. The highest BCUT2D eigenvalue weighted by Crippen LogP contribution is 2.14. The van der Waals surface area contributed by atoms with Crippen LogP contribution in [-0.4, -0.2) is 64.5 Å². The van der Waals surface area contributed by atoms with E-state index in [9.17, 15) is 18.0 Å². The van der Waals surface area contributed by atoms with E-state index in [0.29, 0.717) is 31.7 Å². The molecule has 0 spiro atoms. The van der Waals surface area contributed by atoms with Crippen molar-refractivity contribution >= 4 is 38.5 Å². The predicted molar refractivity (Wildman–Crippen MR) is 153 cm³/mol. The van der Waals surface area contributed by atoms with Crippen LogP contribution in [0.3, 0.4) is 0 Å². The van der Waals surface area contributed by atoms with Crippen LogP contribution in [0.1, 0.15) is 35.2 Å². The molecule has 6 N–H and O–H groups in total. The van der Waals surface area contributed by atoms with Crippen molar-refractivity contribution in [1.82, 2.24) is 10.6 Å². The Kier molecular flexibility index (Phi) is 13.3. The SMILES string of the molecule is Br.NCCCC[C@@H](C=CS(=O)(=O)c1ccccc1)NC(=O)[C@@H](N)Cc1ccc(C(=O)C2CNCCO2)cc1. The summed E-state index contributed by atoms with van der Waals surface area (Å²) in [6.45, 7) is 2.22. The molecule has 0 aromatic heterocycles. The van der Waals surface area contributed by atoms with E-state index < -0.39 is 28.0 Å². The standard InChI is InChI=1S/C27H36N4O5S.BrH/c28-14-5-4-6-22(13-17-37(34,35)23-7-2-1-3-8-23)31-27(33)24(29)18-20-9-11-21(12-10-20)26(32)25-19-30-15-16-36-25;/h1-3,7-13,17,22,24-25,30H,4-6,14-16,18-19,28-29H2,(H,31,33);1H/t22-,24-,25?;/m0./s1. The number of sulfone groups is 1. The van der Waals surface area contributed by atoms with Crippen molar-refractivity contribution in [2.24, 2.45) is 11.5 Å². The zero-order valence-electron chi connectivity index (χ0n) is 21.3. The lowest BCUT2D eigenvalue weighted by Gasteiger charge is -2.22. The minimum Gasteiger partial charge on any atom is -0.367 e. The van der Waals surface area contributed by atoms with E-state index in [2.05, 4.69) is 10.6 Å². The first-order valence-corrected chi connectivity index (χ1v) is 14.0. The second-order valence-corrected chi connectivity index (χ2v) is 10.9. The molecular formula is C27H37BrN4O5S. The molecule has 208 valence electrons. The number of ether oxygens (including phenoxy) is 1. The van der Waals surface area contributed by atoms with Crippen molar-refractivity contribution < 1.29 is 22.7 Å². The molecule has 9 nitrogen and oxygen atoms in total. The summed E-state index contributed by atoms with van der Waals surface area (Å²) in [6, 6.07) is 13.7. The molecule has 1 saturated heterocycles. The highest BCUT2D eigenvalue weighted by molar-refractivity contribution is 8.93. The number of nitrogens with one attached hydrogen (secondary N) is 2. The Hall–Kier alpha value is -2.41. The molecule has 0 aliphatic carbocycles. The highest BCUT2D eigenvalue weighted by Gasteiger charge is 2.23. The molecule has 2 aromatic carbocycles. The van der Waals surface area contributed by atoms with Crippen LogP contribution in [0, 0.1) is 0 Å². The van der Waals surface area contributed by atoms with Crippen LogP contribution in [-0.2, 0) is 25.8 Å². The van der Waals surface area contributed by atoms with Crippen LogP contribution in [0.4, 0.5) is 0 Å². The Morgan fingerprint density at radius 3 is 2.45 bits per heavy atom. The second-order valence-electron chi connectivity index (χ2n) is 9.02. The molecule has 0 saturated carbocycles. The average Bonchev–Trinajstić information content (AvgIpc) is 2.92. The first kappa shape index (κ1) is 31.8. The Morgan fingerprint density at radius 2 is 1.82 bits per heavy atom. The van der Waals surface area contributed by atoms with Gasteiger partial charge in [0, 0.05) is 30.1 Å². The lowest BCUT2D eigenvalue weighted by atomic mass is 10.00. The van der Waals surface area contributed by atoms with Crippen molar-refractivity contribution in [2.45, 2.75) is 48.8 Å². The Morgan fingerprint density at radius 1 is 1.11 bits per heavy atom. The largest absolute Gasteiger partial charge is 0.367 e. The van der Waals surface area contributed by atoms with Gasteiger partial charge in [-0.1, -0.05) is 48.5 Å². The topological polar surface area (TPSA) is 154 Å². The van der Waals surface area contributed by atoms with Gasteiger partial charge in [0.15, 0.2) is 15.6 Å². The number of nitrogens with two attached hydrogens (primary N) is 2. The zero-order chi connectivity index (χ0) is 26.7. The summed E-state index contributed by atoms with van der Waals surface area (Å²) in [6.07, 6.45) is 3.27. The normalized spacial score (nSPS) is 17.4. The van der Waals surface area contributed by atoms with Crippen molar-refractivity contribution in [2.75, 3.05) is 26.2 Å². The molecule has 1 aliphatic heterocycles. The van der Waals surface area contributed by atoms with Crippen molar-refractivity contribution in [3.63, 3.8) is 0 Å². The first-order valence-electron chi connectivity index (χ1n) is 12.5. The fraction of sp³-hybridized carbons (Fsp3) is 0.407. The maximum Gasteiger partial charge on any atom is 0.237 e. The maximum atomic E-state index is 12.8. The number of benzene rings is 2. The predicted octanol–water partition coefficient (Wildman–Crippen LogP) is 1.91. The molecule has 1 heterocycles. The summed E-state index contributed by atoms with van der Waals surface area (Å²) in [5.74, 6) is -0.473. The number of amides is 1. The molecule has 38 heavy (non-hydrogen) atoms. The Labute approximate surface area is 235 Å². The number of morpholine rings is 1. The molecule has 2 aromatic rings. The van der Waals surface area contributed by atoms with E-state index in [1.165, 1.54) is 18.2 Å². The van der Waals surface area contributed by atoms with Gasteiger partial charge in [-0.25, -0.2) is 8.42 Å². The third-order valence-electron chi connectivity index (χ3n) is 6.11. The molecular weight excluding hydrogens is 572 g/mol. The molecule has 0 bridgehead atoms. The van der Waals surface area contributed by atoms with Crippen molar-refractivity contribution in [3.8, 4) is 0 Å². The molecule has 3 atom stereocenters. The highest BCUT2D eigenvalue weighted by atomic mass is 79.9. The summed E-state index contributed by atoms with van der Waals surface area (Å²) < 4.78 is 30.8. The van der Waals surface area contributed by atoms with Gasteiger partial charge in [-0.3, -0.25) is 9.59 Å². The number of halogens is 1. The quantitative estimate of drug-likeness (QED) is 0.199. The summed E-state index contributed by atoms with van der Waals surface area (Å²) in [5, 5.41) is 7.13. The van der Waals surface area contributed by atoms with Crippen LogP contribution in [0.25, 0.3) is 0 Å². The fourth-order valence-corrected chi connectivity index (χ4v) is 5.06. The lowest BCUT2D eigenvalue weighted by molar-refractivity contribution is -0.122. The summed E-state index contributed by atoms with van der Waals surface area (Å²) in [7, 11) is -3.64. The molecule has 1 aliphatic rings. The molecule has 1 fully saturated rings.